The molecule has 0 aliphatic heterocycles. The third kappa shape index (κ3) is 2.48. The van der Waals surface area contributed by atoms with E-state index in [1.54, 1.807) is 11.6 Å². The molecule has 0 unspecified atom stereocenters. The van der Waals surface area contributed by atoms with E-state index in [2.05, 4.69) is 12.0 Å². The van der Waals surface area contributed by atoms with Gasteiger partial charge >= 0.3 is 0 Å². The maximum absolute atomic E-state index is 11.1. The first-order chi connectivity index (χ1) is 6.46. The lowest BCUT2D eigenvalue weighted by atomic mass is 10.3. The van der Waals surface area contributed by atoms with Crippen molar-refractivity contribution in [3.05, 3.63) is 11.9 Å². The molecule has 0 aliphatic carbocycles. The molecule has 0 aromatic carbocycles. The fourth-order valence-corrected chi connectivity index (χ4v) is 2.29. The molecule has 4 nitrogen and oxygen atoms in total. The van der Waals surface area contributed by atoms with E-state index in [9.17, 15) is 8.42 Å². The van der Waals surface area contributed by atoms with Gasteiger partial charge in [0.05, 0.1) is 11.9 Å². The second-order valence-corrected chi connectivity index (χ2v) is 5.64. The van der Waals surface area contributed by atoms with Crippen LogP contribution in [0.25, 0.3) is 0 Å². The van der Waals surface area contributed by atoms with Crippen LogP contribution in [0, 0.1) is 6.92 Å². The average Bonchev–Trinajstić information content (AvgIpc) is 2.42. The Morgan fingerprint density at radius 1 is 1.57 bits per heavy atom. The van der Waals surface area contributed by atoms with E-state index in [4.69, 9.17) is 10.7 Å². The number of halogens is 1. The molecule has 6 heteroatoms. The first-order valence-electron chi connectivity index (χ1n) is 4.44. The van der Waals surface area contributed by atoms with E-state index >= 15 is 0 Å². The minimum atomic E-state index is -3.65. The van der Waals surface area contributed by atoms with Gasteiger partial charge in [0, 0.05) is 17.2 Å². The normalized spacial score (nSPS) is 11.9. The molecule has 14 heavy (non-hydrogen) atoms. The lowest BCUT2D eigenvalue weighted by molar-refractivity contribution is 0.556. The van der Waals surface area contributed by atoms with Crippen molar-refractivity contribution in [3.63, 3.8) is 0 Å². The van der Waals surface area contributed by atoms with E-state index in [-0.39, 0.29) is 4.90 Å². The SMILES string of the molecule is CCCCn1ncc(S(=O)(=O)Cl)c1C. The Labute approximate surface area is 88.3 Å². The molecule has 1 rings (SSSR count). The zero-order chi connectivity index (χ0) is 10.8. The zero-order valence-corrected chi connectivity index (χ0v) is 9.77. The monoisotopic (exact) mass is 236 g/mol. The molecule has 0 fully saturated rings. The Balaban J connectivity index is 2.97. The van der Waals surface area contributed by atoms with Gasteiger partial charge in [-0.05, 0) is 13.3 Å². The van der Waals surface area contributed by atoms with Crippen molar-refractivity contribution in [2.24, 2.45) is 0 Å². The van der Waals surface area contributed by atoms with Crippen molar-refractivity contribution in [2.45, 2.75) is 38.1 Å². The van der Waals surface area contributed by atoms with Crippen LogP contribution < -0.4 is 0 Å². The summed E-state index contributed by atoms with van der Waals surface area (Å²) in [6.45, 7) is 4.50. The molecular weight excluding hydrogens is 224 g/mol. The maximum atomic E-state index is 11.1. The molecule has 0 spiro atoms. The van der Waals surface area contributed by atoms with Gasteiger partial charge in [0.1, 0.15) is 4.90 Å². The summed E-state index contributed by atoms with van der Waals surface area (Å²) in [6.07, 6.45) is 3.32. The van der Waals surface area contributed by atoms with Gasteiger partial charge in [0.25, 0.3) is 9.05 Å². The van der Waals surface area contributed by atoms with Crippen molar-refractivity contribution in [2.75, 3.05) is 0 Å². The molecule has 0 N–H and O–H groups in total. The summed E-state index contributed by atoms with van der Waals surface area (Å²) < 4.78 is 23.8. The lowest BCUT2D eigenvalue weighted by Gasteiger charge is -2.02. The molecule has 0 radical (unpaired) electrons. The van der Waals surface area contributed by atoms with Crippen LogP contribution in [0.3, 0.4) is 0 Å². The molecule has 1 aromatic heterocycles. The van der Waals surface area contributed by atoms with Gasteiger partial charge in [0.15, 0.2) is 0 Å². The minimum Gasteiger partial charge on any atom is -0.268 e. The van der Waals surface area contributed by atoms with Gasteiger partial charge in [-0.25, -0.2) is 8.42 Å². The second-order valence-electron chi connectivity index (χ2n) is 3.11. The first-order valence-corrected chi connectivity index (χ1v) is 6.74. The highest BCUT2D eigenvalue weighted by Gasteiger charge is 2.17. The fourth-order valence-electron chi connectivity index (χ4n) is 1.20. The summed E-state index contributed by atoms with van der Waals surface area (Å²) in [7, 11) is 1.58. The van der Waals surface area contributed by atoms with E-state index in [0.29, 0.717) is 5.69 Å². The summed E-state index contributed by atoms with van der Waals surface area (Å²) in [5.74, 6) is 0. The largest absolute Gasteiger partial charge is 0.268 e. The number of nitrogens with zero attached hydrogens (tertiary/aromatic N) is 2. The highest BCUT2D eigenvalue weighted by atomic mass is 35.7. The quantitative estimate of drug-likeness (QED) is 0.751. The highest BCUT2D eigenvalue weighted by Crippen LogP contribution is 2.18. The van der Waals surface area contributed by atoms with Crippen molar-refractivity contribution in [3.8, 4) is 0 Å². The van der Waals surface area contributed by atoms with E-state index < -0.39 is 9.05 Å². The van der Waals surface area contributed by atoms with Crippen LogP contribution in [0.4, 0.5) is 0 Å². The Hall–Kier alpha value is -0.550. The first kappa shape index (κ1) is 11.5. The molecule has 1 heterocycles. The van der Waals surface area contributed by atoms with Crippen molar-refractivity contribution in [1.82, 2.24) is 9.78 Å². The van der Waals surface area contributed by atoms with Crippen molar-refractivity contribution < 1.29 is 8.42 Å². The van der Waals surface area contributed by atoms with Crippen molar-refractivity contribution >= 4 is 19.7 Å². The van der Waals surface area contributed by atoms with E-state index in [1.165, 1.54) is 6.20 Å². The molecule has 0 saturated carbocycles. The van der Waals surface area contributed by atoms with Gasteiger partial charge in [0.2, 0.25) is 0 Å². The third-order valence-corrected chi connectivity index (χ3v) is 3.47. The number of hydrogen-bond acceptors (Lipinski definition) is 3. The summed E-state index contributed by atoms with van der Waals surface area (Å²) >= 11 is 0. The smallest absolute Gasteiger partial charge is 0.264 e. The minimum absolute atomic E-state index is 0.107. The Kier molecular flexibility index (Phi) is 3.55. The van der Waals surface area contributed by atoms with Crippen LogP contribution in [0.5, 0.6) is 0 Å². The molecule has 0 bridgehead atoms. The zero-order valence-electron chi connectivity index (χ0n) is 8.20. The van der Waals surface area contributed by atoms with E-state index in [1.807, 2.05) is 0 Å². The summed E-state index contributed by atoms with van der Waals surface area (Å²) in [4.78, 5) is 0.107. The van der Waals surface area contributed by atoms with Gasteiger partial charge in [-0.3, -0.25) is 4.68 Å². The Morgan fingerprint density at radius 3 is 2.64 bits per heavy atom. The third-order valence-electron chi connectivity index (χ3n) is 2.04. The average molecular weight is 237 g/mol. The number of aromatic nitrogens is 2. The van der Waals surface area contributed by atoms with Gasteiger partial charge in [-0.2, -0.15) is 5.10 Å². The van der Waals surface area contributed by atoms with Gasteiger partial charge < -0.3 is 0 Å². The molecule has 0 aliphatic rings. The predicted octanol–water partition coefficient (Wildman–Crippen LogP) is 1.92. The van der Waals surface area contributed by atoms with Crippen LogP contribution in [-0.4, -0.2) is 18.2 Å². The van der Waals surface area contributed by atoms with Gasteiger partial charge in [-0.15, -0.1) is 0 Å². The Morgan fingerprint density at radius 2 is 2.21 bits per heavy atom. The molecule has 0 atom stereocenters. The Bertz CT molecular complexity index is 411. The predicted molar refractivity (Wildman–Crippen MR) is 54.9 cm³/mol. The van der Waals surface area contributed by atoms with Crippen molar-refractivity contribution in [1.29, 1.82) is 0 Å². The molecule has 0 saturated heterocycles. The standard InChI is InChI=1S/C8H13ClN2O2S/c1-3-4-5-11-7(2)8(6-10-11)14(9,12)13/h6H,3-5H2,1-2H3. The van der Waals surface area contributed by atoms with Gasteiger partial charge in [-0.1, -0.05) is 13.3 Å². The maximum Gasteiger partial charge on any atom is 0.264 e. The van der Waals surface area contributed by atoms with Crippen LogP contribution >= 0.6 is 10.7 Å². The van der Waals surface area contributed by atoms with E-state index in [0.717, 1.165) is 19.4 Å². The number of hydrogen-bond donors (Lipinski definition) is 0. The van der Waals surface area contributed by atoms with Crippen LogP contribution in [0.1, 0.15) is 25.5 Å². The molecular formula is C8H13ClN2O2S. The van der Waals surface area contributed by atoms with Crippen LogP contribution in [0.15, 0.2) is 11.1 Å². The van der Waals surface area contributed by atoms with Crippen LogP contribution in [0.2, 0.25) is 0 Å². The van der Waals surface area contributed by atoms with Crippen LogP contribution in [-0.2, 0) is 15.6 Å². The summed E-state index contributed by atoms with van der Waals surface area (Å²) in [5, 5.41) is 3.97. The number of rotatable bonds is 4. The topological polar surface area (TPSA) is 52.0 Å². The highest BCUT2D eigenvalue weighted by molar-refractivity contribution is 8.13. The summed E-state index contributed by atoms with van der Waals surface area (Å²) in [5.41, 5.74) is 0.605. The fraction of sp³-hybridized carbons (Fsp3) is 0.625. The second kappa shape index (κ2) is 4.31. The number of unbranched alkanes of at least 4 members (excludes halogenated alkanes) is 1. The lowest BCUT2D eigenvalue weighted by Crippen LogP contribution is -2.03. The summed E-state index contributed by atoms with van der Waals surface area (Å²) in [6, 6.07) is 0. The molecule has 80 valence electrons. The number of aryl methyl sites for hydroxylation is 1. The molecule has 1 aromatic rings. The molecule has 0 amide bonds.